The summed E-state index contributed by atoms with van der Waals surface area (Å²) >= 11 is 3.05. The Morgan fingerprint density at radius 2 is 0.974 bits per heavy atom. The lowest BCUT2D eigenvalue weighted by molar-refractivity contribution is 0.107. The van der Waals surface area contributed by atoms with E-state index >= 15 is 0 Å². The molecule has 0 saturated carbocycles. The molecule has 39 heavy (non-hydrogen) atoms. The van der Waals surface area contributed by atoms with Crippen molar-refractivity contribution in [3.05, 3.63) is 130 Å². The van der Waals surface area contributed by atoms with Crippen molar-refractivity contribution in [2.24, 2.45) is 11.5 Å². The van der Waals surface area contributed by atoms with Crippen LogP contribution in [0.4, 0.5) is 0 Å². The smallest absolute Gasteiger partial charge is 0.122 e. The Labute approximate surface area is 238 Å². The van der Waals surface area contributed by atoms with Crippen LogP contribution in [-0.4, -0.2) is 11.7 Å². The summed E-state index contributed by atoms with van der Waals surface area (Å²) in [5, 5.41) is 15.1. The second-order valence-electron chi connectivity index (χ2n) is 8.86. The lowest BCUT2D eigenvalue weighted by atomic mass is 10.1. The van der Waals surface area contributed by atoms with Gasteiger partial charge in [0.25, 0.3) is 0 Å². The third-order valence-electron chi connectivity index (χ3n) is 5.81. The Hall–Kier alpha value is -3.60. The maximum atomic E-state index is 7.56. The number of nitrogens with two attached hydrogens (primary N) is 2. The zero-order valence-corrected chi connectivity index (χ0v) is 23.1. The van der Waals surface area contributed by atoms with E-state index in [0.717, 1.165) is 45.1 Å². The summed E-state index contributed by atoms with van der Waals surface area (Å²) in [6.07, 6.45) is 0. The first-order valence-electron chi connectivity index (χ1n) is 12.4. The van der Waals surface area contributed by atoms with Crippen LogP contribution in [0.15, 0.2) is 107 Å². The van der Waals surface area contributed by atoms with Crippen LogP contribution in [0.3, 0.4) is 0 Å². The maximum Gasteiger partial charge on any atom is 0.122 e. The highest BCUT2D eigenvalue weighted by atomic mass is 32.2. The Bertz CT molecular complexity index is 1290. The van der Waals surface area contributed by atoms with E-state index in [9.17, 15) is 0 Å². The molecule has 0 fully saturated rings. The molecule has 0 aliphatic heterocycles. The van der Waals surface area contributed by atoms with Crippen molar-refractivity contribution in [3.63, 3.8) is 0 Å². The lowest BCUT2D eigenvalue weighted by Crippen LogP contribution is -2.11. The van der Waals surface area contributed by atoms with E-state index in [1.54, 1.807) is 0 Å². The third kappa shape index (κ3) is 9.27. The summed E-state index contributed by atoms with van der Waals surface area (Å²) in [4.78, 5) is 2.04. The van der Waals surface area contributed by atoms with E-state index in [-0.39, 0.29) is 11.7 Å². The molecular weight excluding hydrogens is 525 g/mol. The van der Waals surface area contributed by atoms with E-state index in [4.69, 9.17) is 27.0 Å². The predicted octanol–water partition coefficient (Wildman–Crippen LogP) is 5.57. The van der Waals surface area contributed by atoms with Gasteiger partial charge in [0.15, 0.2) is 0 Å². The molecule has 0 spiro atoms. The molecule has 0 radical (unpaired) electrons. The largest absolute Gasteiger partial charge is 0.384 e. The summed E-state index contributed by atoms with van der Waals surface area (Å²) in [5.74, 6) is 0.148. The van der Waals surface area contributed by atoms with Gasteiger partial charge in [-0.15, -0.1) is 0 Å². The molecule has 9 heteroatoms. The number of hydrogen-bond acceptors (Lipinski definition) is 7. The SMILES string of the molecule is N=C(N)c1cccc(SNCc2ccc(COCc3ccc(CNSc4cccc(C(=N)N)c4)cc3)cc2)c1. The van der Waals surface area contributed by atoms with Crippen molar-refractivity contribution in [1.82, 2.24) is 9.44 Å². The molecule has 0 saturated heterocycles. The Kier molecular flexibility index (Phi) is 10.6. The quantitative estimate of drug-likeness (QED) is 0.0680. The van der Waals surface area contributed by atoms with Crippen molar-refractivity contribution in [2.75, 3.05) is 0 Å². The van der Waals surface area contributed by atoms with Gasteiger partial charge in [0.2, 0.25) is 0 Å². The van der Waals surface area contributed by atoms with Crippen molar-refractivity contribution in [1.29, 1.82) is 10.8 Å². The average molecular weight is 557 g/mol. The topological polar surface area (TPSA) is 133 Å². The van der Waals surface area contributed by atoms with Gasteiger partial charge in [-0.2, -0.15) is 0 Å². The van der Waals surface area contributed by atoms with Crippen LogP contribution in [0.1, 0.15) is 33.4 Å². The van der Waals surface area contributed by atoms with Crippen LogP contribution in [0.2, 0.25) is 0 Å². The number of hydrogen-bond donors (Lipinski definition) is 6. The molecule has 0 aliphatic carbocycles. The summed E-state index contributed by atoms with van der Waals surface area (Å²) < 4.78 is 12.6. The highest BCUT2D eigenvalue weighted by Gasteiger charge is 2.03. The maximum absolute atomic E-state index is 7.56. The van der Waals surface area contributed by atoms with Gasteiger partial charge in [-0.1, -0.05) is 72.8 Å². The molecule has 8 N–H and O–H groups in total. The monoisotopic (exact) mass is 556 g/mol. The van der Waals surface area contributed by atoms with Crippen LogP contribution < -0.4 is 20.9 Å². The van der Waals surface area contributed by atoms with Crippen molar-refractivity contribution < 1.29 is 4.74 Å². The molecule has 4 aromatic carbocycles. The van der Waals surface area contributed by atoms with Gasteiger partial charge in [-0.25, -0.2) is 0 Å². The minimum atomic E-state index is 0.0739. The van der Waals surface area contributed by atoms with Crippen LogP contribution in [0, 0.1) is 10.8 Å². The van der Waals surface area contributed by atoms with Gasteiger partial charge in [0.1, 0.15) is 11.7 Å². The number of benzene rings is 4. The van der Waals surface area contributed by atoms with Crippen LogP contribution in [0.25, 0.3) is 0 Å². The van der Waals surface area contributed by atoms with Gasteiger partial charge >= 0.3 is 0 Å². The van der Waals surface area contributed by atoms with E-state index < -0.39 is 0 Å². The lowest BCUT2D eigenvalue weighted by Gasteiger charge is -2.09. The van der Waals surface area contributed by atoms with Crippen LogP contribution in [0.5, 0.6) is 0 Å². The van der Waals surface area contributed by atoms with Gasteiger partial charge in [0.05, 0.1) is 13.2 Å². The second-order valence-corrected chi connectivity index (χ2v) is 10.8. The van der Waals surface area contributed by atoms with Gasteiger partial charge in [0, 0.05) is 34.0 Å². The fourth-order valence-electron chi connectivity index (χ4n) is 3.65. The molecule has 4 rings (SSSR count). The Balaban J connectivity index is 1.14. The van der Waals surface area contributed by atoms with Crippen molar-refractivity contribution in [3.8, 4) is 0 Å². The standard InChI is InChI=1S/C30H32N6OS2/c31-29(32)25-3-1-5-27(15-25)38-35-17-21-7-11-23(12-8-21)19-37-20-24-13-9-22(10-14-24)18-36-39-28-6-2-4-26(16-28)30(33)34/h1-16,35-36H,17-20H2,(H3,31,32)(H3,33,34). The third-order valence-corrected chi connectivity index (χ3v) is 7.36. The first-order valence-corrected chi connectivity index (χ1v) is 14.0. The summed E-state index contributed by atoms with van der Waals surface area (Å²) in [6.45, 7) is 2.56. The number of rotatable bonds is 14. The summed E-state index contributed by atoms with van der Waals surface area (Å²) in [7, 11) is 0. The molecule has 4 aromatic rings. The molecule has 0 heterocycles. The zero-order valence-electron chi connectivity index (χ0n) is 21.4. The van der Waals surface area contributed by atoms with Crippen LogP contribution >= 0.6 is 23.9 Å². The second kappa shape index (κ2) is 14.5. The predicted molar refractivity (Wildman–Crippen MR) is 162 cm³/mol. The van der Waals surface area contributed by atoms with Gasteiger partial charge in [-0.3, -0.25) is 20.3 Å². The number of nitrogens with one attached hydrogen (secondary N) is 4. The van der Waals surface area contributed by atoms with Gasteiger partial charge in [-0.05, 0) is 70.4 Å². The molecule has 7 nitrogen and oxygen atoms in total. The number of nitrogen functional groups attached to an aromatic ring is 2. The minimum absolute atomic E-state index is 0.0739. The molecule has 0 aromatic heterocycles. The van der Waals surface area contributed by atoms with E-state index in [2.05, 4.69) is 58.0 Å². The highest BCUT2D eigenvalue weighted by Crippen LogP contribution is 2.18. The highest BCUT2D eigenvalue weighted by molar-refractivity contribution is 7.97. The first-order chi connectivity index (χ1) is 19.0. The number of amidine groups is 2. The summed E-state index contributed by atoms with van der Waals surface area (Å²) in [5.41, 5.74) is 17.2. The number of ether oxygens (including phenoxy) is 1. The molecule has 0 unspecified atom stereocenters. The van der Waals surface area contributed by atoms with Gasteiger partial charge < -0.3 is 16.2 Å². The molecular formula is C30H32N6OS2. The molecule has 0 bridgehead atoms. The van der Waals surface area contributed by atoms with E-state index in [0.29, 0.717) is 13.2 Å². The van der Waals surface area contributed by atoms with E-state index in [1.165, 1.54) is 35.0 Å². The molecule has 0 amide bonds. The normalized spacial score (nSPS) is 10.9. The molecule has 0 atom stereocenters. The van der Waals surface area contributed by atoms with E-state index in [1.807, 2.05) is 48.5 Å². The minimum Gasteiger partial charge on any atom is -0.384 e. The average Bonchev–Trinajstić information content (AvgIpc) is 2.95. The van der Waals surface area contributed by atoms with Crippen molar-refractivity contribution in [2.45, 2.75) is 36.1 Å². The van der Waals surface area contributed by atoms with Crippen molar-refractivity contribution >= 4 is 35.6 Å². The fraction of sp³-hybridized carbons (Fsp3) is 0.133. The molecule has 200 valence electrons. The Morgan fingerprint density at radius 1 is 0.590 bits per heavy atom. The van der Waals surface area contributed by atoms with Crippen LogP contribution in [-0.2, 0) is 31.0 Å². The molecule has 0 aliphatic rings. The first kappa shape index (κ1) is 28.4. The fourth-order valence-corrected chi connectivity index (χ4v) is 5.13. The Morgan fingerprint density at radius 3 is 1.36 bits per heavy atom. The zero-order chi connectivity index (χ0) is 27.5. The summed E-state index contributed by atoms with van der Waals surface area (Å²) in [6, 6.07) is 32.1.